The van der Waals surface area contributed by atoms with Crippen LogP contribution in [0.1, 0.15) is 11.3 Å². The van der Waals surface area contributed by atoms with Crippen molar-refractivity contribution in [2.24, 2.45) is 0 Å². The average Bonchev–Trinajstić information content (AvgIpc) is 2.30. The number of aryl methyl sites for hydroxylation is 1. The van der Waals surface area contributed by atoms with Crippen molar-refractivity contribution in [3.8, 4) is 0 Å². The first-order valence-corrected chi connectivity index (χ1v) is 3.59. The van der Waals surface area contributed by atoms with Crippen molar-refractivity contribution in [3.05, 3.63) is 42.5 Å². The summed E-state index contributed by atoms with van der Waals surface area (Å²) in [5, 5.41) is 1.16. The van der Waals surface area contributed by atoms with Crippen molar-refractivity contribution in [3.63, 3.8) is 0 Å². The molecule has 0 aliphatic rings. The van der Waals surface area contributed by atoms with Crippen molar-refractivity contribution in [2.75, 3.05) is 0 Å². The lowest BCUT2D eigenvalue weighted by Crippen LogP contribution is -1.68. The van der Waals surface area contributed by atoms with Gasteiger partial charge in [-0.15, -0.1) is 0 Å². The van der Waals surface area contributed by atoms with E-state index in [1.807, 2.05) is 31.2 Å². The van der Waals surface area contributed by atoms with Crippen LogP contribution in [0.5, 0.6) is 0 Å². The smallest absolute Gasteiger partial charge is 0.134 e. The van der Waals surface area contributed by atoms with Crippen LogP contribution in [0.25, 0.3) is 11.0 Å². The molecule has 0 fully saturated rings. The first-order valence-electron chi connectivity index (χ1n) is 3.59. The van der Waals surface area contributed by atoms with Gasteiger partial charge < -0.3 is 4.42 Å². The minimum Gasteiger partial charge on any atom is -0.461 e. The second-order valence-corrected chi connectivity index (χ2v) is 2.65. The van der Waals surface area contributed by atoms with Crippen LogP contribution in [-0.4, -0.2) is 0 Å². The summed E-state index contributed by atoms with van der Waals surface area (Å²) in [4.78, 5) is 0. The van der Waals surface area contributed by atoms with Gasteiger partial charge in [-0.2, -0.15) is 0 Å². The third-order valence-corrected chi connectivity index (χ3v) is 1.94. The summed E-state index contributed by atoms with van der Waals surface area (Å²) in [6.07, 6.45) is 0. The Morgan fingerprint density at radius 3 is 2.73 bits per heavy atom. The SMILES string of the molecule is [CH2]c1oc2ccccc2c1C. The lowest BCUT2D eigenvalue weighted by atomic mass is 10.2. The van der Waals surface area contributed by atoms with Crippen LogP contribution in [0.15, 0.2) is 28.7 Å². The van der Waals surface area contributed by atoms with E-state index < -0.39 is 0 Å². The normalized spacial score (nSPS) is 10.7. The predicted molar refractivity (Wildman–Crippen MR) is 45.4 cm³/mol. The molecule has 11 heavy (non-hydrogen) atoms. The molecule has 0 saturated carbocycles. The van der Waals surface area contributed by atoms with Crippen LogP contribution < -0.4 is 0 Å². The van der Waals surface area contributed by atoms with Gasteiger partial charge in [-0.25, -0.2) is 0 Å². The number of rotatable bonds is 0. The van der Waals surface area contributed by atoms with Gasteiger partial charge in [-0.05, 0) is 18.6 Å². The maximum absolute atomic E-state index is 5.39. The molecule has 0 atom stereocenters. The van der Waals surface area contributed by atoms with E-state index >= 15 is 0 Å². The van der Waals surface area contributed by atoms with Crippen LogP contribution in [0.4, 0.5) is 0 Å². The Morgan fingerprint density at radius 1 is 1.27 bits per heavy atom. The second-order valence-electron chi connectivity index (χ2n) is 2.65. The van der Waals surface area contributed by atoms with E-state index in [1.54, 1.807) is 0 Å². The molecule has 0 saturated heterocycles. The fourth-order valence-corrected chi connectivity index (χ4v) is 1.22. The standard InChI is InChI=1S/C10H9O/c1-7-8(2)11-10-6-4-3-5-9(7)10/h3-6H,2H2,1H3. The lowest BCUT2D eigenvalue weighted by Gasteiger charge is -1.85. The first-order chi connectivity index (χ1) is 5.29. The summed E-state index contributed by atoms with van der Waals surface area (Å²) in [5.41, 5.74) is 2.07. The molecule has 2 rings (SSSR count). The fraction of sp³-hybridized carbons (Fsp3) is 0.100. The highest BCUT2D eigenvalue weighted by Crippen LogP contribution is 2.23. The molecule has 0 bridgehead atoms. The maximum Gasteiger partial charge on any atom is 0.134 e. The van der Waals surface area contributed by atoms with Crippen molar-refractivity contribution >= 4 is 11.0 Å². The Balaban J connectivity index is 2.92. The predicted octanol–water partition coefficient (Wildman–Crippen LogP) is 2.92. The molecule has 55 valence electrons. The van der Waals surface area contributed by atoms with Crippen LogP contribution >= 0.6 is 0 Å². The van der Waals surface area contributed by atoms with E-state index in [0.717, 1.165) is 22.3 Å². The zero-order valence-electron chi connectivity index (χ0n) is 6.42. The number of benzene rings is 1. The Morgan fingerprint density at radius 2 is 2.00 bits per heavy atom. The number of fused-ring (bicyclic) bond motifs is 1. The maximum atomic E-state index is 5.39. The van der Waals surface area contributed by atoms with Gasteiger partial charge in [0.25, 0.3) is 0 Å². The molecule has 2 aromatic rings. The largest absolute Gasteiger partial charge is 0.461 e. The van der Waals surface area contributed by atoms with E-state index in [2.05, 4.69) is 6.92 Å². The van der Waals surface area contributed by atoms with Crippen LogP contribution in [0.2, 0.25) is 0 Å². The molecule has 1 heteroatoms. The van der Waals surface area contributed by atoms with E-state index in [1.165, 1.54) is 0 Å². The molecule has 0 aliphatic heterocycles. The quantitative estimate of drug-likeness (QED) is 0.555. The first kappa shape index (κ1) is 6.47. The molecule has 0 spiro atoms. The van der Waals surface area contributed by atoms with Crippen molar-refractivity contribution in [2.45, 2.75) is 6.92 Å². The molecule has 0 unspecified atom stereocenters. The Bertz CT molecular complexity index is 385. The van der Waals surface area contributed by atoms with Crippen LogP contribution in [0, 0.1) is 13.8 Å². The number of para-hydroxylation sites is 1. The summed E-state index contributed by atoms with van der Waals surface area (Å²) >= 11 is 0. The number of hydrogen-bond acceptors (Lipinski definition) is 1. The van der Waals surface area contributed by atoms with Gasteiger partial charge in [0.05, 0.1) is 0 Å². The molecule has 1 nitrogen and oxygen atoms in total. The number of hydrogen-bond donors (Lipinski definition) is 0. The summed E-state index contributed by atoms with van der Waals surface area (Å²) in [7, 11) is 0. The average molecular weight is 145 g/mol. The molecule has 1 aromatic heterocycles. The van der Waals surface area contributed by atoms with Gasteiger partial charge in [0.15, 0.2) is 0 Å². The monoisotopic (exact) mass is 145 g/mol. The highest BCUT2D eigenvalue weighted by atomic mass is 16.3. The summed E-state index contributed by atoms with van der Waals surface area (Å²) in [5.74, 6) is 0.770. The van der Waals surface area contributed by atoms with Crippen LogP contribution in [0.3, 0.4) is 0 Å². The van der Waals surface area contributed by atoms with E-state index in [4.69, 9.17) is 4.42 Å². The summed E-state index contributed by atoms with van der Waals surface area (Å²) < 4.78 is 5.39. The Hall–Kier alpha value is -1.24. The summed E-state index contributed by atoms with van der Waals surface area (Å²) in [6, 6.07) is 7.97. The van der Waals surface area contributed by atoms with E-state index in [-0.39, 0.29) is 0 Å². The zero-order valence-corrected chi connectivity index (χ0v) is 6.42. The zero-order chi connectivity index (χ0) is 7.84. The minimum absolute atomic E-state index is 0.770. The molecule has 1 heterocycles. The second kappa shape index (κ2) is 2.12. The van der Waals surface area contributed by atoms with Gasteiger partial charge in [-0.3, -0.25) is 0 Å². The van der Waals surface area contributed by atoms with Gasteiger partial charge in [0.2, 0.25) is 0 Å². The third-order valence-electron chi connectivity index (χ3n) is 1.94. The molecule has 1 aromatic carbocycles. The van der Waals surface area contributed by atoms with Gasteiger partial charge in [-0.1, -0.05) is 18.2 Å². The lowest BCUT2D eigenvalue weighted by molar-refractivity contribution is 0.592. The minimum atomic E-state index is 0.770. The van der Waals surface area contributed by atoms with E-state index in [0.29, 0.717) is 0 Å². The Labute approximate surface area is 65.6 Å². The fourth-order valence-electron chi connectivity index (χ4n) is 1.22. The molecular formula is C10H9O. The third kappa shape index (κ3) is 0.845. The van der Waals surface area contributed by atoms with Crippen LogP contribution in [-0.2, 0) is 0 Å². The highest BCUT2D eigenvalue weighted by Gasteiger charge is 2.03. The Kier molecular flexibility index (Phi) is 1.25. The van der Waals surface area contributed by atoms with Crippen molar-refractivity contribution < 1.29 is 4.42 Å². The van der Waals surface area contributed by atoms with Gasteiger partial charge >= 0.3 is 0 Å². The highest BCUT2D eigenvalue weighted by molar-refractivity contribution is 5.82. The van der Waals surface area contributed by atoms with Gasteiger partial charge in [0, 0.05) is 12.3 Å². The topological polar surface area (TPSA) is 13.1 Å². The molecular weight excluding hydrogens is 136 g/mol. The van der Waals surface area contributed by atoms with Crippen molar-refractivity contribution in [1.29, 1.82) is 0 Å². The van der Waals surface area contributed by atoms with E-state index in [9.17, 15) is 0 Å². The molecule has 0 N–H and O–H groups in total. The molecule has 0 aliphatic carbocycles. The molecule has 1 radical (unpaired) electrons. The number of furan rings is 1. The summed E-state index contributed by atoms with van der Waals surface area (Å²) in [6.45, 7) is 5.81. The van der Waals surface area contributed by atoms with Gasteiger partial charge in [0.1, 0.15) is 11.3 Å². The van der Waals surface area contributed by atoms with Crippen molar-refractivity contribution in [1.82, 2.24) is 0 Å². The molecule has 0 amide bonds.